The van der Waals surface area contributed by atoms with Gasteiger partial charge in [-0.3, -0.25) is 4.79 Å². The molecule has 1 amide bonds. The maximum Gasteiger partial charge on any atom is 0.264 e. The number of carbonyl (C=O) groups excluding carboxylic acids is 1. The number of furan rings is 1. The fourth-order valence-corrected chi connectivity index (χ4v) is 3.29. The van der Waals surface area contributed by atoms with Crippen molar-refractivity contribution in [3.63, 3.8) is 0 Å². The molecular formula is C19H21N3O2S. The standard InChI is InChI=1S/C19H21N3O2S/c1-4-22(5-2)17-11-10-15(24-17)12-16-18(23)21-19(25-16)20-14-8-6-13(3)7-9-14/h6-12H,4-5H2,1-3H3,(H,20,21,23)/b16-12-. The zero-order chi connectivity index (χ0) is 17.8. The molecule has 0 radical (unpaired) electrons. The molecule has 0 saturated carbocycles. The van der Waals surface area contributed by atoms with E-state index in [2.05, 4.69) is 29.1 Å². The van der Waals surface area contributed by atoms with Gasteiger partial charge >= 0.3 is 0 Å². The van der Waals surface area contributed by atoms with E-state index >= 15 is 0 Å². The third-order valence-corrected chi connectivity index (χ3v) is 4.79. The molecule has 1 aliphatic rings. The van der Waals surface area contributed by atoms with Crippen LogP contribution in [0.1, 0.15) is 25.2 Å². The number of hydrogen-bond acceptors (Lipinski definition) is 5. The lowest BCUT2D eigenvalue weighted by molar-refractivity contribution is -0.115. The molecule has 5 nitrogen and oxygen atoms in total. The van der Waals surface area contributed by atoms with Crippen molar-refractivity contribution in [2.45, 2.75) is 20.8 Å². The second-order valence-electron chi connectivity index (χ2n) is 5.67. The fourth-order valence-electron chi connectivity index (χ4n) is 2.47. The smallest absolute Gasteiger partial charge is 0.264 e. The summed E-state index contributed by atoms with van der Waals surface area (Å²) in [5.74, 6) is 1.32. The molecule has 1 aliphatic heterocycles. The maximum atomic E-state index is 12.2. The van der Waals surface area contributed by atoms with Gasteiger partial charge in [0.25, 0.3) is 5.91 Å². The monoisotopic (exact) mass is 355 g/mol. The predicted octanol–water partition coefficient (Wildman–Crippen LogP) is 4.33. The molecule has 1 saturated heterocycles. The number of anilines is 1. The third-order valence-electron chi connectivity index (χ3n) is 3.88. The summed E-state index contributed by atoms with van der Waals surface area (Å²) in [7, 11) is 0. The predicted molar refractivity (Wildman–Crippen MR) is 104 cm³/mol. The summed E-state index contributed by atoms with van der Waals surface area (Å²) in [6.07, 6.45) is 1.75. The van der Waals surface area contributed by atoms with Gasteiger partial charge in [-0.25, -0.2) is 4.99 Å². The van der Waals surface area contributed by atoms with Crippen LogP contribution in [0.15, 0.2) is 50.7 Å². The molecule has 130 valence electrons. The highest BCUT2D eigenvalue weighted by Crippen LogP contribution is 2.29. The van der Waals surface area contributed by atoms with Gasteiger partial charge in [0.2, 0.25) is 0 Å². The summed E-state index contributed by atoms with van der Waals surface area (Å²) in [4.78, 5) is 19.3. The largest absolute Gasteiger partial charge is 0.441 e. The van der Waals surface area contributed by atoms with Gasteiger partial charge in [-0.1, -0.05) is 17.7 Å². The molecule has 0 spiro atoms. The Kier molecular flexibility index (Phi) is 5.28. The van der Waals surface area contributed by atoms with Crippen molar-refractivity contribution >= 4 is 40.5 Å². The van der Waals surface area contributed by atoms with Gasteiger partial charge in [0.15, 0.2) is 11.1 Å². The minimum absolute atomic E-state index is 0.156. The van der Waals surface area contributed by atoms with Gasteiger partial charge in [-0.2, -0.15) is 0 Å². The van der Waals surface area contributed by atoms with E-state index in [-0.39, 0.29) is 5.91 Å². The Hall–Kier alpha value is -2.47. The van der Waals surface area contributed by atoms with E-state index in [9.17, 15) is 4.79 Å². The Morgan fingerprint density at radius 1 is 1.16 bits per heavy atom. The molecule has 1 aromatic heterocycles. The van der Waals surface area contributed by atoms with Crippen LogP contribution >= 0.6 is 11.8 Å². The van der Waals surface area contributed by atoms with Crippen molar-refractivity contribution in [3.05, 3.63) is 52.6 Å². The molecule has 3 rings (SSSR count). The van der Waals surface area contributed by atoms with Gasteiger partial charge in [-0.05, 0) is 50.7 Å². The van der Waals surface area contributed by atoms with Gasteiger partial charge in [0.05, 0.1) is 10.6 Å². The van der Waals surface area contributed by atoms with E-state index in [1.807, 2.05) is 43.3 Å². The summed E-state index contributed by atoms with van der Waals surface area (Å²) >= 11 is 1.32. The number of rotatable bonds is 5. The minimum Gasteiger partial charge on any atom is -0.441 e. The van der Waals surface area contributed by atoms with Crippen LogP contribution in [0.5, 0.6) is 0 Å². The SMILES string of the molecule is CCN(CC)c1ccc(/C=C2\SC(=Nc3ccc(C)cc3)NC2=O)o1. The summed E-state index contributed by atoms with van der Waals surface area (Å²) in [6, 6.07) is 11.7. The zero-order valence-electron chi connectivity index (χ0n) is 14.6. The summed E-state index contributed by atoms with van der Waals surface area (Å²) in [5, 5.41) is 3.37. The summed E-state index contributed by atoms with van der Waals surface area (Å²) in [5.41, 5.74) is 1.99. The molecule has 25 heavy (non-hydrogen) atoms. The number of aliphatic imine (C=N–C) groups is 1. The first kappa shape index (κ1) is 17.4. The van der Waals surface area contributed by atoms with Crippen LogP contribution in [0.3, 0.4) is 0 Å². The van der Waals surface area contributed by atoms with Crippen LogP contribution in [-0.2, 0) is 4.79 Å². The Morgan fingerprint density at radius 3 is 2.56 bits per heavy atom. The fraction of sp³-hybridized carbons (Fsp3) is 0.263. The molecule has 2 aromatic rings. The second kappa shape index (κ2) is 7.61. The molecule has 0 unspecified atom stereocenters. The van der Waals surface area contributed by atoms with E-state index in [1.54, 1.807) is 6.08 Å². The molecule has 0 atom stereocenters. The lowest BCUT2D eigenvalue weighted by Gasteiger charge is -2.16. The average molecular weight is 355 g/mol. The van der Waals surface area contributed by atoms with Crippen LogP contribution in [-0.4, -0.2) is 24.2 Å². The lowest BCUT2D eigenvalue weighted by Crippen LogP contribution is -2.20. The maximum absolute atomic E-state index is 12.2. The number of carbonyl (C=O) groups is 1. The Bertz CT molecular complexity index is 817. The third kappa shape index (κ3) is 4.14. The Balaban J connectivity index is 1.76. The van der Waals surface area contributed by atoms with Gasteiger partial charge < -0.3 is 14.6 Å². The minimum atomic E-state index is -0.156. The van der Waals surface area contributed by atoms with E-state index in [0.29, 0.717) is 15.8 Å². The zero-order valence-corrected chi connectivity index (χ0v) is 15.4. The number of amidine groups is 1. The van der Waals surface area contributed by atoms with Crippen molar-refractivity contribution in [1.29, 1.82) is 0 Å². The Morgan fingerprint density at radius 2 is 1.88 bits per heavy atom. The highest BCUT2D eigenvalue weighted by molar-refractivity contribution is 8.18. The first-order chi connectivity index (χ1) is 12.1. The number of amides is 1. The first-order valence-corrected chi connectivity index (χ1v) is 9.11. The number of thioether (sulfide) groups is 1. The Labute approximate surface area is 151 Å². The molecule has 0 bridgehead atoms. The van der Waals surface area contributed by atoms with Gasteiger partial charge in [0, 0.05) is 25.2 Å². The van der Waals surface area contributed by atoms with Crippen LogP contribution in [0.2, 0.25) is 0 Å². The second-order valence-corrected chi connectivity index (χ2v) is 6.70. The van der Waals surface area contributed by atoms with E-state index in [4.69, 9.17) is 4.42 Å². The van der Waals surface area contributed by atoms with Crippen molar-refractivity contribution in [3.8, 4) is 0 Å². The first-order valence-electron chi connectivity index (χ1n) is 8.30. The number of aryl methyl sites for hydroxylation is 1. The highest BCUT2D eigenvalue weighted by Gasteiger charge is 2.24. The average Bonchev–Trinajstić information content (AvgIpc) is 3.19. The van der Waals surface area contributed by atoms with Gasteiger partial charge in [-0.15, -0.1) is 0 Å². The summed E-state index contributed by atoms with van der Waals surface area (Å²) < 4.78 is 5.82. The quantitative estimate of drug-likeness (QED) is 0.811. The van der Waals surface area contributed by atoms with Crippen molar-refractivity contribution in [2.24, 2.45) is 4.99 Å². The topological polar surface area (TPSA) is 57.8 Å². The number of benzene rings is 1. The summed E-state index contributed by atoms with van der Waals surface area (Å²) in [6.45, 7) is 7.95. The van der Waals surface area contributed by atoms with Crippen LogP contribution in [0.25, 0.3) is 6.08 Å². The molecule has 2 heterocycles. The van der Waals surface area contributed by atoms with E-state index in [0.717, 1.165) is 24.7 Å². The van der Waals surface area contributed by atoms with Gasteiger partial charge in [0.1, 0.15) is 5.76 Å². The molecule has 1 aromatic carbocycles. The molecular weight excluding hydrogens is 334 g/mol. The molecule has 1 fully saturated rings. The van der Waals surface area contributed by atoms with E-state index < -0.39 is 0 Å². The normalized spacial score (nSPS) is 17.3. The molecule has 0 aliphatic carbocycles. The van der Waals surface area contributed by atoms with Crippen LogP contribution in [0, 0.1) is 6.92 Å². The van der Waals surface area contributed by atoms with Crippen LogP contribution < -0.4 is 10.2 Å². The lowest BCUT2D eigenvalue weighted by atomic mass is 10.2. The number of nitrogens with zero attached hydrogens (tertiary/aromatic N) is 2. The van der Waals surface area contributed by atoms with Crippen molar-refractivity contribution < 1.29 is 9.21 Å². The van der Waals surface area contributed by atoms with Crippen LogP contribution in [0.4, 0.5) is 11.6 Å². The van der Waals surface area contributed by atoms with Crippen molar-refractivity contribution in [2.75, 3.05) is 18.0 Å². The molecule has 1 N–H and O–H groups in total. The van der Waals surface area contributed by atoms with Crippen molar-refractivity contribution in [1.82, 2.24) is 5.32 Å². The highest BCUT2D eigenvalue weighted by atomic mass is 32.2. The molecule has 6 heteroatoms. The number of nitrogens with one attached hydrogen (secondary N) is 1. The number of hydrogen-bond donors (Lipinski definition) is 1. The van der Waals surface area contributed by atoms with E-state index in [1.165, 1.54) is 17.3 Å².